The van der Waals surface area contributed by atoms with Crippen LogP contribution in [0.3, 0.4) is 0 Å². The fourth-order valence-corrected chi connectivity index (χ4v) is 3.69. The van der Waals surface area contributed by atoms with Gasteiger partial charge in [-0.15, -0.1) is 5.10 Å². The van der Waals surface area contributed by atoms with Gasteiger partial charge in [-0.1, -0.05) is 40.2 Å². The van der Waals surface area contributed by atoms with Crippen molar-refractivity contribution in [1.29, 1.82) is 0 Å². The molecular weight excluding hydrogens is 382 g/mol. The van der Waals surface area contributed by atoms with Crippen LogP contribution in [0.25, 0.3) is 23.0 Å². The minimum atomic E-state index is -0.103. The van der Waals surface area contributed by atoms with Crippen molar-refractivity contribution in [1.82, 2.24) is 25.1 Å². The Labute approximate surface area is 173 Å². The van der Waals surface area contributed by atoms with Gasteiger partial charge in [0.15, 0.2) is 5.69 Å². The van der Waals surface area contributed by atoms with Crippen LogP contribution in [0.4, 0.5) is 0 Å². The predicted octanol–water partition coefficient (Wildman–Crippen LogP) is 3.89. The number of hydrogen-bond donors (Lipinski definition) is 0. The van der Waals surface area contributed by atoms with Crippen LogP contribution >= 0.6 is 0 Å². The minimum absolute atomic E-state index is 0.103. The largest absolute Gasteiger partial charge is 0.497 e. The molecule has 2 aromatic heterocycles. The summed E-state index contributed by atoms with van der Waals surface area (Å²) in [7, 11) is 1.65. The molecule has 0 N–H and O–H groups in total. The van der Waals surface area contributed by atoms with Gasteiger partial charge in [0.05, 0.1) is 26.0 Å². The van der Waals surface area contributed by atoms with E-state index in [0.717, 1.165) is 28.1 Å². The number of nitrogens with zero attached hydrogens (tertiary/aromatic N) is 5. The number of benzene rings is 2. The summed E-state index contributed by atoms with van der Waals surface area (Å²) in [4.78, 5) is 4.55. The van der Waals surface area contributed by atoms with Crippen molar-refractivity contribution in [3.8, 4) is 28.7 Å². The zero-order valence-corrected chi connectivity index (χ0v) is 17.0. The minimum Gasteiger partial charge on any atom is -0.497 e. The van der Waals surface area contributed by atoms with Crippen molar-refractivity contribution < 1.29 is 14.0 Å². The Morgan fingerprint density at radius 3 is 2.70 bits per heavy atom. The lowest BCUT2D eigenvalue weighted by molar-refractivity contribution is -0.00114. The van der Waals surface area contributed by atoms with E-state index in [1.165, 1.54) is 5.56 Å². The van der Waals surface area contributed by atoms with Gasteiger partial charge in [-0.3, -0.25) is 0 Å². The standard InChI is InChI=1S/C22H21N5O3/c1-13-4-9-17(14(2)10-13)22-23-21(25-30-22)20-18-12-29-19(11-27(18)26-24-20)15-5-7-16(28-3)8-6-15/h4-10,19H,11-12H2,1-3H3. The van der Waals surface area contributed by atoms with Crippen LogP contribution < -0.4 is 4.74 Å². The molecule has 0 saturated heterocycles. The molecule has 1 atom stereocenters. The number of aryl methyl sites for hydroxylation is 2. The highest BCUT2D eigenvalue weighted by Crippen LogP contribution is 2.31. The lowest BCUT2D eigenvalue weighted by Gasteiger charge is -2.24. The molecule has 0 radical (unpaired) electrons. The van der Waals surface area contributed by atoms with Crippen LogP contribution in [0.1, 0.15) is 28.5 Å². The molecule has 3 heterocycles. The number of methoxy groups -OCH3 is 1. The van der Waals surface area contributed by atoms with Crippen LogP contribution in [0.2, 0.25) is 0 Å². The zero-order chi connectivity index (χ0) is 20.7. The van der Waals surface area contributed by atoms with Crippen molar-refractivity contribution in [2.45, 2.75) is 33.1 Å². The van der Waals surface area contributed by atoms with Gasteiger partial charge < -0.3 is 14.0 Å². The van der Waals surface area contributed by atoms with Crippen LogP contribution in [-0.2, 0) is 17.9 Å². The summed E-state index contributed by atoms with van der Waals surface area (Å²) in [5, 5.41) is 12.7. The van der Waals surface area contributed by atoms with Gasteiger partial charge in [-0.25, -0.2) is 4.68 Å². The molecule has 8 nitrogen and oxygen atoms in total. The highest BCUT2D eigenvalue weighted by Gasteiger charge is 2.27. The van der Waals surface area contributed by atoms with Gasteiger partial charge in [0.1, 0.15) is 11.9 Å². The Morgan fingerprint density at radius 2 is 1.93 bits per heavy atom. The average molecular weight is 403 g/mol. The Bertz CT molecular complexity index is 1200. The van der Waals surface area contributed by atoms with E-state index in [0.29, 0.717) is 30.6 Å². The first-order chi connectivity index (χ1) is 14.6. The zero-order valence-electron chi connectivity index (χ0n) is 17.0. The first-order valence-electron chi connectivity index (χ1n) is 9.72. The first-order valence-corrected chi connectivity index (χ1v) is 9.72. The van der Waals surface area contributed by atoms with Gasteiger partial charge in [-0.05, 0) is 43.2 Å². The molecule has 0 spiro atoms. The summed E-state index contributed by atoms with van der Waals surface area (Å²) >= 11 is 0. The predicted molar refractivity (Wildman–Crippen MR) is 109 cm³/mol. The fraction of sp³-hybridized carbons (Fsp3) is 0.273. The van der Waals surface area contributed by atoms with E-state index in [-0.39, 0.29) is 6.10 Å². The van der Waals surface area contributed by atoms with Crippen LogP contribution in [0.5, 0.6) is 5.75 Å². The maximum absolute atomic E-state index is 6.08. The van der Waals surface area contributed by atoms with E-state index >= 15 is 0 Å². The molecule has 30 heavy (non-hydrogen) atoms. The molecule has 4 aromatic rings. The van der Waals surface area contributed by atoms with E-state index in [4.69, 9.17) is 14.0 Å². The Kier molecular flexibility index (Phi) is 4.55. The molecule has 0 aliphatic carbocycles. The SMILES string of the molecule is COc1ccc(C2Cn3nnc(-c4noc(-c5ccc(C)cc5C)n4)c3CO2)cc1. The maximum Gasteiger partial charge on any atom is 0.258 e. The highest BCUT2D eigenvalue weighted by atomic mass is 16.5. The van der Waals surface area contributed by atoms with Crippen LogP contribution in [-0.4, -0.2) is 32.2 Å². The molecule has 0 bridgehead atoms. The lowest BCUT2D eigenvalue weighted by atomic mass is 10.1. The summed E-state index contributed by atoms with van der Waals surface area (Å²) in [5.74, 6) is 1.70. The number of fused-ring (bicyclic) bond motifs is 1. The molecule has 8 heteroatoms. The van der Waals surface area contributed by atoms with E-state index in [1.54, 1.807) is 7.11 Å². The Morgan fingerprint density at radius 1 is 1.10 bits per heavy atom. The molecule has 1 unspecified atom stereocenters. The second-order valence-corrected chi connectivity index (χ2v) is 7.38. The molecule has 2 aromatic carbocycles. The second-order valence-electron chi connectivity index (χ2n) is 7.38. The molecule has 0 amide bonds. The van der Waals surface area contributed by atoms with Gasteiger partial charge in [0.2, 0.25) is 5.82 Å². The number of aromatic nitrogens is 5. The van der Waals surface area contributed by atoms with Gasteiger partial charge >= 0.3 is 0 Å². The Balaban J connectivity index is 1.40. The van der Waals surface area contributed by atoms with Crippen molar-refractivity contribution >= 4 is 0 Å². The molecular formula is C22H21N5O3. The second kappa shape index (κ2) is 7.38. The third-order valence-corrected chi connectivity index (χ3v) is 5.34. The normalized spacial score (nSPS) is 15.8. The molecule has 0 saturated carbocycles. The summed E-state index contributed by atoms with van der Waals surface area (Å²) in [6.07, 6.45) is -0.103. The summed E-state index contributed by atoms with van der Waals surface area (Å²) < 4.78 is 18.7. The van der Waals surface area contributed by atoms with E-state index in [2.05, 4.69) is 33.4 Å². The van der Waals surface area contributed by atoms with Crippen molar-refractivity contribution in [2.75, 3.05) is 7.11 Å². The van der Waals surface area contributed by atoms with E-state index in [9.17, 15) is 0 Å². The first kappa shape index (κ1) is 18.5. The molecule has 1 aliphatic heterocycles. The molecule has 1 aliphatic rings. The van der Waals surface area contributed by atoms with Gasteiger partial charge in [-0.2, -0.15) is 4.98 Å². The van der Waals surface area contributed by atoms with Crippen LogP contribution in [0.15, 0.2) is 47.0 Å². The van der Waals surface area contributed by atoms with Crippen molar-refractivity contribution in [3.63, 3.8) is 0 Å². The molecule has 0 fully saturated rings. The van der Waals surface area contributed by atoms with Crippen molar-refractivity contribution in [3.05, 3.63) is 64.8 Å². The lowest BCUT2D eigenvalue weighted by Crippen LogP contribution is -2.22. The summed E-state index contributed by atoms with van der Waals surface area (Å²) in [6.45, 7) is 5.01. The number of rotatable bonds is 4. The monoisotopic (exact) mass is 403 g/mol. The van der Waals surface area contributed by atoms with Gasteiger partial charge in [0, 0.05) is 5.56 Å². The third-order valence-electron chi connectivity index (χ3n) is 5.34. The molecule has 152 valence electrons. The topological polar surface area (TPSA) is 88.1 Å². The smallest absolute Gasteiger partial charge is 0.258 e. The average Bonchev–Trinajstić information content (AvgIpc) is 3.40. The fourth-order valence-electron chi connectivity index (χ4n) is 3.69. The summed E-state index contributed by atoms with van der Waals surface area (Å²) in [5.41, 5.74) is 5.68. The van der Waals surface area contributed by atoms with E-state index < -0.39 is 0 Å². The Hall–Kier alpha value is -3.52. The maximum atomic E-state index is 6.08. The summed E-state index contributed by atoms with van der Waals surface area (Å²) in [6, 6.07) is 14.0. The molecule has 5 rings (SSSR count). The highest BCUT2D eigenvalue weighted by molar-refractivity contribution is 5.62. The van der Waals surface area contributed by atoms with E-state index in [1.807, 2.05) is 48.0 Å². The third kappa shape index (κ3) is 3.25. The van der Waals surface area contributed by atoms with Crippen molar-refractivity contribution in [2.24, 2.45) is 0 Å². The van der Waals surface area contributed by atoms with Crippen LogP contribution in [0, 0.1) is 13.8 Å². The quantitative estimate of drug-likeness (QED) is 0.511. The number of ether oxygens (including phenoxy) is 2. The van der Waals surface area contributed by atoms with Gasteiger partial charge in [0.25, 0.3) is 5.89 Å². The number of hydrogen-bond acceptors (Lipinski definition) is 7.